The van der Waals surface area contributed by atoms with E-state index in [0.29, 0.717) is 22.5 Å². The van der Waals surface area contributed by atoms with E-state index in [4.69, 9.17) is 33.7 Å². The zero-order chi connectivity index (χ0) is 17.1. The van der Waals surface area contributed by atoms with E-state index < -0.39 is 0 Å². The molecule has 2 heterocycles. The predicted molar refractivity (Wildman–Crippen MR) is 100 cm³/mol. The van der Waals surface area contributed by atoms with Crippen molar-refractivity contribution in [1.82, 2.24) is 9.97 Å². The van der Waals surface area contributed by atoms with Crippen molar-refractivity contribution in [1.29, 1.82) is 0 Å². The molecule has 0 unspecified atom stereocenters. The minimum atomic E-state index is 0.572. The molecule has 0 amide bonds. The van der Waals surface area contributed by atoms with E-state index in [0.717, 1.165) is 47.1 Å². The molecule has 0 fully saturated rings. The molecule has 1 aromatic carbocycles. The van der Waals surface area contributed by atoms with E-state index >= 15 is 0 Å². The highest BCUT2D eigenvalue weighted by Crippen LogP contribution is 2.37. The molecule has 0 bridgehead atoms. The molecule has 6 heteroatoms. The third-order valence-electron chi connectivity index (χ3n) is 3.99. The average molecular weight is 364 g/mol. The van der Waals surface area contributed by atoms with E-state index in [9.17, 15) is 0 Å². The van der Waals surface area contributed by atoms with Gasteiger partial charge in [-0.2, -0.15) is 0 Å². The van der Waals surface area contributed by atoms with Crippen LogP contribution in [0.4, 0.5) is 0 Å². The number of ether oxygens (including phenoxy) is 1. The lowest BCUT2D eigenvalue weighted by atomic mass is 10.0. The molecule has 0 atom stereocenters. The number of aromatic nitrogens is 2. The van der Waals surface area contributed by atoms with Crippen molar-refractivity contribution >= 4 is 34.1 Å². The second kappa shape index (κ2) is 7.43. The third-order valence-corrected chi connectivity index (χ3v) is 4.50. The number of fused-ring (bicyclic) bond motifs is 1. The molecule has 0 aliphatic rings. The molecule has 0 aliphatic carbocycles. The van der Waals surface area contributed by atoms with Crippen LogP contribution in [0.15, 0.2) is 30.3 Å². The number of nitrogens with zero attached hydrogens (tertiary/aromatic N) is 1. The van der Waals surface area contributed by atoms with Gasteiger partial charge in [0, 0.05) is 22.0 Å². The number of hydrogen-bond donors (Lipinski definition) is 2. The van der Waals surface area contributed by atoms with Gasteiger partial charge in [0.25, 0.3) is 0 Å². The molecular weight excluding hydrogens is 345 g/mol. The predicted octanol–water partition coefficient (Wildman–Crippen LogP) is 4.83. The average Bonchev–Trinajstić information content (AvgIpc) is 2.94. The van der Waals surface area contributed by atoms with E-state index in [-0.39, 0.29) is 0 Å². The highest BCUT2D eigenvalue weighted by Gasteiger charge is 2.17. The van der Waals surface area contributed by atoms with Gasteiger partial charge in [0.1, 0.15) is 0 Å². The molecule has 3 N–H and O–H groups in total. The highest BCUT2D eigenvalue weighted by molar-refractivity contribution is 6.39. The van der Waals surface area contributed by atoms with Crippen molar-refractivity contribution < 1.29 is 4.74 Å². The van der Waals surface area contributed by atoms with Crippen LogP contribution in [-0.2, 0) is 6.42 Å². The first-order valence-corrected chi connectivity index (χ1v) is 8.60. The van der Waals surface area contributed by atoms with Crippen molar-refractivity contribution in [2.75, 3.05) is 13.7 Å². The van der Waals surface area contributed by atoms with Gasteiger partial charge in [0.2, 0.25) is 5.88 Å². The molecule has 3 rings (SSSR count). The van der Waals surface area contributed by atoms with Crippen molar-refractivity contribution in [3.05, 3.63) is 45.9 Å². The lowest BCUT2D eigenvalue weighted by Gasteiger charge is -2.07. The number of rotatable bonds is 6. The Bertz CT molecular complexity index is 861. The van der Waals surface area contributed by atoms with Gasteiger partial charge in [-0.3, -0.25) is 0 Å². The molecular formula is C18H19Cl2N3O. The molecule has 24 heavy (non-hydrogen) atoms. The van der Waals surface area contributed by atoms with Gasteiger partial charge >= 0.3 is 0 Å². The van der Waals surface area contributed by atoms with Crippen LogP contribution >= 0.6 is 23.2 Å². The summed E-state index contributed by atoms with van der Waals surface area (Å²) in [6.07, 6.45) is 2.81. The fraction of sp³-hybridized carbons (Fsp3) is 0.278. The fourth-order valence-electron chi connectivity index (χ4n) is 2.90. The number of nitrogens with one attached hydrogen (secondary N) is 1. The smallest absolute Gasteiger partial charge is 0.213 e. The van der Waals surface area contributed by atoms with Gasteiger partial charge in [-0.15, -0.1) is 0 Å². The highest BCUT2D eigenvalue weighted by atomic mass is 35.5. The Labute approximate surface area is 150 Å². The largest absolute Gasteiger partial charge is 0.481 e. The molecule has 126 valence electrons. The number of H-pyrrole nitrogens is 1. The maximum absolute atomic E-state index is 6.47. The van der Waals surface area contributed by atoms with Crippen LogP contribution in [0.5, 0.6) is 5.88 Å². The summed E-state index contributed by atoms with van der Waals surface area (Å²) < 4.78 is 5.24. The van der Waals surface area contributed by atoms with E-state index in [1.807, 2.05) is 24.3 Å². The minimum Gasteiger partial charge on any atom is -0.481 e. The normalized spacial score (nSPS) is 11.2. The Morgan fingerprint density at radius 2 is 2.04 bits per heavy atom. The zero-order valence-electron chi connectivity index (χ0n) is 13.4. The van der Waals surface area contributed by atoms with Crippen LogP contribution < -0.4 is 10.5 Å². The Morgan fingerprint density at radius 3 is 2.79 bits per heavy atom. The fourth-order valence-corrected chi connectivity index (χ4v) is 3.50. The Kier molecular flexibility index (Phi) is 5.29. The number of nitrogens with two attached hydrogens (primary N) is 1. The minimum absolute atomic E-state index is 0.572. The van der Waals surface area contributed by atoms with Crippen LogP contribution in [0, 0.1) is 0 Å². The number of benzene rings is 1. The summed E-state index contributed by atoms with van der Waals surface area (Å²) >= 11 is 12.6. The van der Waals surface area contributed by atoms with Gasteiger partial charge < -0.3 is 15.5 Å². The molecule has 0 spiro atoms. The Hall–Kier alpha value is -1.75. The molecule has 0 saturated heterocycles. The van der Waals surface area contributed by atoms with Crippen molar-refractivity contribution in [3.8, 4) is 17.3 Å². The number of pyridine rings is 1. The molecule has 0 saturated carbocycles. The van der Waals surface area contributed by atoms with E-state index in [1.54, 1.807) is 13.2 Å². The lowest BCUT2D eigenvalue weighted by molar-refractivity contribution is 0.398. The summed E-state index contributed by atoms with van der Waals surface area (Å²) in [4.78, 5) is 7.97. The third kappa shape index (κ3) is 3.36. The van der Waals surface area contributed by atoms with Crippen molar-refractivity contribution in [2.45, 2.75) is 19.3 Å². The first kappa shape index (κ1) is 17.1. The first-order valence-electron chi connectivity index (χ1n) is 7.85. The topological polar surface area (TPSA) is 63.9 Å². The van der Waals surface area contributed by atoms with Crippen LogP contribution in [0.2, 0.25) is 10.0 Å². The number of aryl methyl sites for hydroxylation is 1. The first-order chi connectivity index (χ1) is 11.6. The van der Waals surface area contributed by atoms with Crippen LogP contribution in [0.1, 0.15) is 18.4 Å². The second-order valence-electron chi connectivity index (χ2n) is 5.60. The van der Waals surface area contributed by atoms with Crippen molar-refractivity contribution in [3.63, 3.8) is 0 Å². The number of hydrogen-bond acceptors (Lipinski definition) is 3. The summed E-state index contributed by atoms with van der Waals surface area (Å²) in [6, 6.07) is 9.36. The summed E-state index contributed by atoms with van der Waals surface area (Å²) in [5.74, 6) is 0.572. The summed E-state index contributed by atoms with van der Waals surface area (Å²) in [5, 5.41) is 2.25. The van der Waals surface area contributed by atoms with Gasteiger partial charge in [0.05, 0.1) is 23.5 Å². The monoisotopic (exact) mass is 363 g/mol. The molecule has 3 aromatic rings. The summed E-state index contributed by atoms with van der Waals surface area (Å²) in [7, 11) is 1.61. The molecule has 0 aliphatic heterocycles. The SMILES string of the molecule is COc1cccc(-c2[nH]c3cc(Cl)cc(Cl)c3c2CCCCN)n1. The van der Waals surface area contributed by atoms with E-state index in [2.05, 4.69) is 9.97 Å². The number of unbranched alkanes of at least 4 members (excludes halogenated alkanes) is 1. The van der Waals surface area contributed by atoms with E-state index in [1.165, 1.54) is 0 Å². The zero-order valence-corrected chi connectivity index (χ0v) is 14.9. The van der Waals surface area contributed by atoms with Crippen LogP contribution in [0.25, 0.3) is 22.3 Å². The lowest BCUT2D eigenvalue weighted by Crippen LogP contribution is -1.99. The maximum Gasteiger partial charge on any atom is 0.213 e. The van der Waals surface area contributed by atoms with Crippen LogP contribution in [-0.4, -0.2) is 23.6 Å². The summed E-state index contributed by atoms with van der Waals surface area (Å²) in [6.45, 7) is 0.675. The summed E-state index contributed by atoms with van der Waals surface area (Å²) in [5.41, 5.74) is 9.46. The van der Waals surface area contributed by atoms with Gasteiger partial charge in [-0.25, -0.2) is 4.98 Å². The maximum atomic E-state index is 6.47. The van der Waals surface area contributed by atoms with Crippen LogP contribution in [0.3, 0.4) is 0 Å². The Morgan fingerprint density at radius 1 is 1.21 bits per heavy atom. The number of halogens is 2. The standard InChI is InChI=1S/C18H19Cl2N3O/c1-24-16-7-4-6-14(22-16)18-12(5-2-3-8-21)17-13(20)9-11(19)10-15(17)23-18/h4,6-7,9-10,23H,2-3,5,8,21H2,1H3. The molecule has 4 nitrogen and oxygen atoms in total. The van der Waals surface area contributed by atoms with Crippen molar-refractivity contribution in [2.24, 2.45) is 5.73 Å². The molecule has 0 radical (unpaired) electrons. The molecule has 2 aromatic heterocycles. The number of methoxy groups -OCH3 is 1. The van der Waals surface area contributed by atoms with Gasteiger partial charge in [-0.1, -0.05) is 29.3 Å². The quantitative estimate of drug-likeness (QED) is 0.616. The van der Waals surface area contributed by atoms with Gasteiger partial charge in [0.15, 0.2) is 0 Å². The second-order valence-corrected chi connectivity index (χ2v) is 6.44. The van der Waals surface area contributed by atoms with Gasteiger partial charge in [-0.05, 0) is 49.6 Å². The number of aromatic amines is 1. The Balaban J connectivity index is 2.17.